The summed E-state index contributed by atoms with van der Waals surface area (Å²) in [7, 11) is 1.00. The second-order valence-corrected chi connectivity index (χ2v) is 3.62. The van der Waals surface area contributed by atoms with Crippen LogP contribution in [0.1, 0.15) is 66.1 Å². The van der Waals surface area contributed by atoms with Crippen LogP contribution in [0.3, 0.4) is 0 Å². The van der Waals surface area contributed by atoms with Crippen LogP contribution in [-0.4, -0.2) is 18.8 Å². The van der Waals surface area contributed by atoms with Gasteiger partial charge in [0, 0.05) is 8.54 Å². The standard InChI is InChI=1S/C11H25N.CH4O.H2/c1-2-3-4-5-6-7-8-9-10-11-12;1-2;/h2-12H2,1H3;2H,1H3;1H. The highest BCUT2D eigenvalue weighted by molar-refractivity contribution is 4.46. The Morgan fingerprint density at radius 2 is 1.14 bits per heavy atom. The molecule has 14 heavy (non-hydrogen) atoms. The average Bonchev–Trinajstić information content (AvgIpc) is 2.25. The minimum Gasteiger partial charge on any atom is -0.400 e. The van der Waals surface area contributed by atoms with E-state index in [0.717, 1.165) is 13.7 Å². The van der Waals surface area contributed by atoms with Gasteiger partial charge in [0.2, 0.25) is 0 Å². The maximum atomic E-state index is 7.00. The summed E-state index contributed by atoms with van der Waals surface area (Å²) in [5, 5.41) is 7.00. The normalized spacial score (nSPS) is 9.43. The summed E-state index contributed by atoms with van der Waals surface area (Å²) < 4.78 is 0. The molecule has 0 aliphatic heterocycles. The van der Waals surface area contributed by atoms with E-state index in [1.165, 1.54) is 57.8 Å². The highest BCUT2D eigenvalue weighted by Crippen LogP contribution is 2.08. The fourth-order valence-corrected chi connectivity index (χ4v) is 1.45. The molecule has 0 heterocycles. The number of aliphatic hydroxyl groups is 1. The molecule has 0 atom stereocenters. The van der Waals surface area contributed by atoms with Crippen LogP contribution >= 0.6 is 0 Å². The SMILES string of the molecule is CCCCCCCCCCCN.CO.[HH]. The van der Waals surface area contributed by atoms with E-state index in [1.54, 1.807) is 0 Å². The molecule has 0 aliphatic rings. The lowest BCUT2D eigenvalue weighted by atomic mass is 10.1. The van der Waals surface area contributed by atoms with Crippen molar-refractivity contribution in [2.24, 2.45) is 5.73 Å². The van der Waals surface area contributed by atoms with Gasteiger partial charge < -0.3 is 10.8 Å². The van der Waals surface area contributed by atoms with Gasteiger partial charge in [-0.15, -0.1) is 0 Å². The van der Waals surface area contributed by atoms with Gasteiger partial charge in [0.25, 0.3) is 0 Å². The van der Waals surface area contributed by atoms with Crippen LogP contribution in [-0.2, 0) is 0 Å². The van der Waals surface area contributed by atoms with Gasteiger partial charge >= 0.3 is 0 Å². The van der Waals surface area contributed by atoms with Gasteiger partial charge in [0.05, 0.1) is 0 Å². The number of hydrogen-bond donors (Lipinski definition) is 2. The van der Waals surface area contributed by atoms with E-state index >= 15 is 0 Å². The third-order valence-corrected chi connectivity index (χ3v) is 2.31. The minimum atomic E-state index is 0. The fourth-order valence-electron chi connectivity index (χ4n) is 1.45. The van der Waals surface area contributed by atoms with Crippen molar-refractivity contribution in [3.8, 4) is 0 Å². The Morgan fingerprint density at radius 1 is 0.786 bits per heavy atom. The maximum Gasteiger partial charge on any atom is 0.0319 e. The highest BCUT2D eigenvalue weighted by atomic mass is 16.2. The Morgan fingerprint density at radius 3 is 1.50 bits per heavy atom. The van der Waals surface area contributed by atoms with Crippen LogP contribution in [0.25, 0.3) is 0 Å². The van der Waals surface area contributed by atoms with E-state index in [2.05, 4.69) is 6.92 Å². The molecule has 0 aromatic rings. The first-order valence-electron chi connectivity index (χ1n) is 6.06. The molecule has 0 aromatic heterocycles. The summed E-state index contributed by atoms with van der Waals surface area (Å²) in [4.78, 5) is 0. The van der Waals surface area contributed by atoms with Gasteiger partial charge in [-0.25, -0.2) is 0 Å². The Kier molecular flexibility index (Phi) is 21.8. The Labute approximate surface area is 91.4 Å². The molecule has 2 nitrogen and oxygen atoms in total. The van der Waals surface area contributed by atoms with Crippen molar-refractivity contribution in [2.45, 2.75) is 64.7 Å². The third-order valence-electron chi connectivity index (χ3n) is 2.31. The van der Waals surface area contributed by atoms with Crippen LogP contribution in [0.2, 0.25) is 0 Å². The van der Waals surface area contributed by atoms with E-state index in [-0.39, 0.29) is 1.43 Å². The van der Waals surface area contributed by atoms with Crippen LogP contribution in [0, 0.1) is 0 Å². The van der Waals surface area contributed by atoms with Gasteiger partial charge in [0.1, 0.15) is 0 Å². The second kappa shape index (κ2) is 18.7. The molecular weight excluding hydrogens is 174 g/mol. The van der Waals surface area contributed by atoms with Gasteiger partial charge in [-0.05, 0) is 13.0 Å². The van der Waals surface area contributed by atoms with E-state index in [9.17, 15) is 0 Å². The molecule has 0 rings (SSSR count). The molecular formula is C12H31NO. The van der Waals surface area contributed by atoms with Gasteiger partial charge in [-0.1, -0.05) is 58.3 Å². The first-order chi connectivity index (χ1) is 6.91. The van der Waals surface area contributed by atoms with Gasteiger partial charge in [-0.3, -0.25) is 0 Å². The number of nitrogens with two attached hydrogens (primary N) is 1. The Bertz CT molecular complexity index is 72.0. The monoisotopic (exact) mass is 205 g/mol. The molecule has 2 heteroatoms. The molecule has 0 aliphatic carbocycles. The van der Waals surface area contributed by atoms with E-state index in [0.29, 0.717) is 0 Å². The van der Waals surface area contributed by atoms with Gasteiger partial charge in [-0.2, -0.15) is 0 Å². The predicted molar refractivity (Wildman–Crippen MR) is 66.5 cm³/mol. The summed E-state index contributed by atoms with van der Waals surface area (Å²) in [6.07, 6.45) is 12.5. The van der Waals surface area contributed by atoms with Crippen molar-refractivity contribution in [1.82, 2.24) is 0 Å². The topological polar surface area (TPSA) is 46.2 Å². The predicted octanol–water partition coefficient (Wildman–Crippen LogP) is 3.33. The molecule has 90 valence electrons. The molecule has 0 amide bonds. The van der Waals surface area contributed by atoms with E-state index in [4.69, 9.17) is 10.8 Å². The van der Waals surface area contributed by atoms with Crippen LogP contribution in [0.5, 0.6) is 0 Å². The first-order valence-corrected chi connectivity index (χ1v) is 6.06. The molecule has 0 saturated heterocycles. The number of unbranched alkanes of at least 4 members (excludes halogenated alkanes) is 8. The molecule has 0 aromatic carbocycles. The molecule has 0 unspecified atom stereocenters. The lowest BCUT2D eigenvalue weighted by Gasteiger charge is -1.99. The Balaban J connectivity index is -0.000000449. The largest absolute Gasteiger partial charge is 0.400 e. The lowest BCUT2D eigenvalue weighted by Crippen LogP contribution is -1.97. The van der Waals surface area contributed by atoms with Crippen molar-refractivity contribution in [3.63, 3.8) is 0 Å². The van der Waals surface area contributed by atoms with Crippen molar-refractivity contribution in [1.29, 1.82) is 0 Å². The maximum absolute atomic E-state index is 7.00. The molecule has 3 N–H and O–H groups in total. The smallest absolute Gasteiger partial charge is 0.0319 e. The zero-order valence-corrected chi connectivity index (χ0v) is 10.1. The molecule has 0 fully saturated rings. The zero-order valence-electron chi connectivity index (χ0n) is 10.1. The van der Waals surface area contributed by atoms with Crippen molar-refractivity contribution < 1.29 is 6.53 Å². The third kappa shape index (κ3) is 17.9. The molecule has 0 radical (unpaired) electrons. The van der Waals surface area contributed by atoms with E-state index < -0.39 is 0 Å². The second-order valence-electron chi connectivity index (χ2n) is 3.62. The Hall–Kier alpha value is -0.0800. The van der Waals surface area contributed by atoms with Crippen LogP contribution in [0.4, 0.5) is 0 Å². The van der Waals surface area contributed by atoms with Crippen LogP contribution in [0.15, 0.2) is 0 Å². The van der Waals surface area contributed by atoms with Gasteiger partial charge in [0.15, 0.2) is 0 Å². The average molecular weight is 205 g/mol. The fraction of sp³-hybridized carbons (Fsp3) is 1.00. The van der Waals surface area contributed by atoms with Crippen molar-refractivity contribution in [3.05, 3.63) is 0 Å². The summed E-state index contributed by atoms with van der Waals surface area (Å²) in [6.45, 7) is 3.14. The van der Waals surface area contributed by atoms with E-state index in [1.807, 2.05) is 0 Å². The minimum absolute atomic E-state index is 0. The highest BCUT2D eigenvalue weighted by Gasteiger charge is 1.90. The molecule has 0 spiro atoms. The summed E-state index contributed by atoms with van der Waals surface area (Å²) in [5.41, 5.74) is 5.41. The summed E-state index contributed by atoms with van der Waals surface area (Å²) >= 11 is 0. The zero-order chi connectivity index (χ0) is 11.1. The number of rotatable bonds is 9. The molecule has 0 saturated carbocycles. The van der Waals surface area contributed by atoms with Crippen molar-refractivity contribution >= 4 is 0 Å². The molecule has 0 bridgehead atoms. The quantitative estimate of drug-likeness (QED) is 0.567. The van der Waals surface area contributed by atoms with Crippen LogP contribution < -0.4 is 5.73 Å². The number of aliphatic hydroxyl groups excluding tert-OH is 1. The first kappa shape index (κ1) is 16.4. The summed E-state index contributed by atoms with van der Waals surface area (Å²) in [6, 6.07) is 0. The number of hydrogen-bond acceptors (Lipinski definition) is 2. The van der Waals surface area contributed by atoms with Crippen molar-refractivity contribution in [2.75, 3.05) is 13.7 Å². The lowest BCUT2D eigenvalue weighted by molar-refractivity contribution is 0.399. The summed E-state index contributed by atoms with van der Waals surface area (Å²) in [5.74, 6) is 0.